The Morgan fingerprint density at radius 2 is 1.92 bits per heavy atom. The third-order valence-electron chi connectivity index (χ3n) is 2.78. The molecule has 0 bridgehead atoms. The largest absolute Gasteiger partial charge is 0.373 e. The van der Waals surface area contributed by atoms with E-state index in [9.17, 15) is 0 Å². The van der Waals surface area contributed by atoms with Crippen molar-refractivity contribution in [3.8, 4) is 0 Å². The van der Waals surface area contributed by atoms with Crippen molar-refractivity contribution in [1.82, 2.24) is 5.32 Å². The van der Waals surface area contributed by atoms with Gasteiger partial charge in [-0.15, -0.1) is 0 Å². The van der Waals surface area contributed by atoms with E-state index in [4.69, 9.17) is 0 Å². The molecule has 1 rings (SSSR count). The number of aliphatic imine (C=N–C) groups is 1. The molecule has 2 unspecified atom stereocenters. The summed E-state index contributed by atoms with van der Waals surface area (Å²) in [7, 11) is 1.91. The summed E-state index contributed by atoms with van der Waals surface area (Å²) in [5, 5.41) is 3.08. The molecular formula is C10H18N2. The zero-order valence-corrected chi connectivity index (χ0v) is 8.33. The summed E-state index contributed by atoms with van der Waals surface area (Å²) < 4.78 is 0. The van der Waals surface area contributed by atoms with E-state index in [0.29, 0.717) is 17.8 Å². The minimum Gasteiger partial charge on any atom is -0.373 e. The lowest BCUT2D eigenvalue weighted by atomic mass is 9.86. The first-order valence-electron chi connectivity index (χ1n) is 4.59. The summed E-state index contributed by atoms with van der Waals surface area (Å²) in [6, 6.07) is 0. The second-order valence-electron chi connectivity index (χ2n) is 3.66. The Morgan fingerprint density at radius 3 is 2.50 bits per heavy atom. The van der Waals surface area contributed by atoms with Crippen LogP contribution >= 0.6 is 0 Å². The molecule has 0 spiro atoms. The maximum absolute atomic E-state index is 4.35. The molecule has 2 heteroatoms. The van der Waals surface area contributed by atoms with Gasteiger partial charge in [0.15, 0.2) is 0 Å². The first-order valence-corrected chi connectivity index (χ1v) is 4.59. The summed E-state index contributed by atoms with van der Waals surface area (Å²) in [6.07, 6.45) is 4.24. The molecule has 0 saturated heterocycles. The average molecular weight is 166 g/mol. The fourth-order valence-electron chi connectivity index (χ4n) is 1.40. The van der Waals surface area contributed by atoms with Crippen LogP contribution < -0.4 is 5.32 Å². The van der Waals surface area contributed by atoms with Gasteiger partial charge in [-0.1, -0.05) is 20.8 Å². The number of hydrogen-bond donors (Lipinski definition) is 1. The van der Waals surface area contributed by atoms with Crippen LogP contribution in [0, 0.1) is 17.8 Å². The Balaban J connectivity index is 2.81. The fraction of sp³-hybridized carbons (Fsp3) is 0.700. The second kappa shape index (κ2) is 3.74. The van der Waals surface area contributed by atoms with Gasteiger partial charge in [0, 0.05) is 13.3 Å². The lowest BCUT2D eigenvalue weighted by Crippen LogP contribution is -2.14. The molecule has 3 atom stereocenters. The summed E-state index contributed by atoms with van der Waals surface area (Å²) >= 11 is 0. The summed E-state index contributed by atoms with van der Waals surface area (Å²) in [5.41, 5.74) is 0. The van der Waals surface area contributed by atoms with Gasteiger partial charge in [-0.25, -0.2) is 4.99 Å². The van der Waals surface area contributed by atoms with E-state index in [1.807, 2.05) is 13.3 Å². The summed E-state index contributed by atoms with van der Waals surface area (Å²) in [5.74, 6) is 2.85. The first-order chi connectivity index (χ1) is 5.65. The van der Waals surface area contributed by atoms with Gasteiger partial charge in [0.05, 0.1) is 0 Å². The quantitative estimate of drug-likeness (QED) is 0.633. The molecule has 68 valence electrons. The highest BCUT2D eigenvalue weighted by molar-refractivity contribution is 5.62. The molecule has 0 radical (unpaired) electrons. The molecule has 1 aliphatic rings. The van der Waals surface area contributed by atoms with Gasteiger partial charge in [0.1, 0.15) is 5.82 Å². The highest BCUT2D eigenvalue weighted by Gasteiger charge is 2.18. The van der Waals surface area contributed by atoms with Gasteiger partial charge in [0.2, 0.25) is 0 Å². The van der Waals surface area contributed by atoms with Crippen molar-refractivity contribution in [3.63, 3.8) is 0 Å². The highest BCUT2D eigenvalue weighted by atomic mass is 15.0. The van der Waals surface area contributed by atoms with E-state index < -0.39 is 0 Å². The Kier molecular flexibility index (Phi) is 2.90. The zero-order valence-electron chi connectivity index (χ0n) is 8.33. The van der Waals surface area contributed by atoms with Gasteiger partial charge in [-0.2, -0.15) is 0 Å². The highest BCUT2D eigenvalue weighted by Crippen LogP contribution is 2.23. The van der Waals surface area contributed by atoms with E-state index in [-0.39, 0.29) is 0 Å². The molecule has 1 heterocycles. The molecule has 2 nitrogen and oxygen atoms in total. The predicted octanol–water partition coefficient (Wildman–Crippen LogP) is 2.04. The minimum atomic E-state index is 0.571. The van der Waals surface area contributed by atoms with Gasteiger partial charge < -0.3 is 5.32 Å². The van der Waals surface area contributed by atoms with Crippen LogP contribution in [0.25, 0.3) is 0 Å². The van der Waals surface area contributed by atoms with Crippen LogP contribution in [-0.4, -0.2) is 13.3 Å². The lowest BCUT2D eigenvalue weighted by molar-refractivity contribution is 0.396. The SMILES string of the molecule is CNC1=CC(C)[C@@H](C)C(C)C=N1. The topological polar surface area (TPSA) is 24.4 Å². The number of hydrogen-bond acceptors (Lipinski definition) is 2. The molecular weight excluding hydrogens is 148 g/mol. The van der Waals surface area contributed by atoms with Crippen molar-refractivity contribution in [2.24, 2.45) is 22.7 Å². The summed E-state index contributed by atoms with van der Waals surface area (Å²) in [6.45, 7) is 6.74. The van der Waals surface area contributed by atoms with Crippen molar-refractivity contribution in [2.45, 2.75) is 20.8 Å². The van der Waals surface area contributed by atoms with E-state index in [1.54, 1.807) is 0 Å². The molecule has 0 aromatic rings. The van der Waals surface area contributed by atoms with Gasteiger partial charge >= 0.3 is 0 Å². The Morgan fingerprint density at radius 1 is 1.25 bits per heavy atom. The smallest absolute Gasteiger partial charge is 0.121 e. The van der Waals surface area contributed by atoms with Crippen LogP contribution in [0.1, 0.15) is 20.8 Å². The van der Waals surface area contributed by atoms with Crippen LogP contribution in [-0.2, 0) is 0 Å². The Bertz CT molecular complexity index is 206. The molecule has 0 aliphatic carbocycles. The molecule has 0 amide bonds. The van der Waals surface area contributed by atoms with E-state index in [1.165, 1.54) is 0 Å². The van der Waals surface area contributed by atoms with E-state index in [2.05, 4.69) is 37.2 Å². The number of rotatable bonds is 1. The van der Waals surface area contributed by atoms with Crippen molar-refractivity contribution < 1.29 is 0 Å². The zero-order chi connectivity index (χ0) is 9.14. The maximum Gasteiger partial charge on any atom is 0.121 e. The van der Waals surface area contributed by atoms with Crippen LogP contribution in [0.4, 0.5) is 0 Å². The molecule has 0 aromatic carbocycles. The third kappa shape index (κ3) is 1.87. The molecule has 12 heavy (non-hydrogen) atoms. The molecule has 1 N–H and O–H groups in total. The standard InChI is InChI=1S/C10H18N2/c1-7-5-10(11-4)12-6-8(2)9(7)3/h5-9,11H,1-4H3/t7?,8?,9-/m1/s1. The predicted molar refractivity (Wildman–Crippen MR) is 53.1 cm³/mol. The monoisotopic (exact) mass is 166 g/mol. The minimum absolute atomic E-state index is 0.571. The van der Waals surface area contributed by atoms with E-state index in [0.717, 1.165) is 5.82 Å². The van der Waals surface area contributed by atoms with Crippen molar-refractivity contribution in [3.05, 3.63) is 11.9 Å². The van der Waals surface area contributed by atoms with Crippen molar-refractivity contribution in [1.29, 1.82) is 0 Å². The van der Waals surface area contributed by atoms with Crippen LogP contribution in [0.3, 0.4) is 0 Å². The number of nitrogens with zero attached hydrogens (tertiary/aromatic N) is 1. The number of nitrogens with one attached hydrogen (secondary N) is 1. The van der Waals surface area contributed by atoms with Gasteiger partial charge in [-0.05, 0) is 23.8 Å². The number of allylic oxidation sites excluding steroid dienone is 1. The van der Waals surface area contributed by atoms with Crippen molar-refractivity contribution >= 4 is 6.21 Å². The van der Waals surface area contributed by atoms with Crippen LogP contribution in [0.5, 0.6) is 0 Å². The van der Waals surface area contributed by atoms with Crippen LogP contribution in [0.15, 0.2) is 16.9 Å². The molecule has 0 fully saturated rings. The summed E-state index contributed by atoms with van der Waals surface area (Å²) in [4.78, 5) is 4.35. The van der Waals surface area contributed by atoms with Crippen molar-refractivity contribution in [2.75, 3.05) is 7.05 Å². The lowest BCUT2D eigenvalue weighted by Gasteiger charge is -2.18. The average Bonchev–Trinajstić information content (AvgIpc) is 2.19. The van der Waals surface area contributed by atoms with Crippen LogP contribution in [0.2, 0.25) is 0 Å². The van der Waals surface area contributed by atoms with Gasteiger partial charge in [0.25, 0.3) is 0 Å². The normalized spacial score (nSPS) is 35.7. The molecule has 0 aromatic heterocycles. The fourth-order valence-corrected chi connectivity index (χ4v) is 1.40. The second-order valence-corrected chi connectivity index (χ2v) is 3.66. The van der Waals surface area contributed by atoms with E-state index >= 15 is 0 Å². The molecule has 0 saturated carbocycles. The maximum atomic E-state index is 4.35. The Labute approximate surface area is 74.8 Å². The Hall–Kier alpha value is -0.790. The molecule has 1 aliphatic heterocycles. The first kappa shape index (κ1) is 9.30. The third-order valence-corrected chi connectivity index (χ3v) is 2.78. The van der Waals surface area contributed by atoms with Gasteiger partial charge in [-0.3, -0.25) is 0 Å².